The van der Waals surface area contributed by atoms with Crippen LogP contribution in [0.5, 0.6) is 5.75 Å². The molecule has 1 N–H and O–H groups in total. The van der Waals surface area contributed by atoms with Crippen LogP contribution >= 0.6 is 0 Å². The number of carbonyl (C=O) groups is 1. The zero-order valence-corrected chi connectivity index (χ0v) is 14.4. The molecule has 2 atom stereocenters. The molecule has 7 nitrogen and oxygen atoms in total. The SMILES string of the molecule is O=C(N[C@H]1C[C@H]2COc3ccccc3S(=O)(=O)N2C1)c1cncc(F)c1. The molecule has 26 heavy (non-hydrogen) atoms. The van der Waals surface area contributed by atoms with Gasteiger partial charge in [0.25, 0.3) is 5.91 Å². The minimum atomic E-state index is -3.71. The summed E-state index contributed by atoms with van der Waals surface area (Å²) >= 11 is 0. The molecule has 0 saturated carbocycles. The second-order valence-corrected chi connectivity index (χ2v) is 8.14. The van der Waals surface area contributed by atoms with Crippen molar-refractivity contribution in [3.8, 4) is 5.75 Å². The molecule has 1 fully saturated rings. The smallest absolute Gasteiger partial charge is 0.253 e. The van der Waals surface area contributed by atoms with Crippen molar-refractivity contribution in [2.45, 2.75) is 23.4 Å². The van der Waals surface area contributed by atoms with Crippen LogP contribution in [-0.4, -0.2) is 48.8 Å². The van der Waals surface area contributed by atoms with E-state index < -0.39 is 21.7 Å². The first-order valence-electron chi connectivity index (χ1n) is 8.10. The second-order valence-electron chi connectivity index (χ2n) is 6.28. The molecule has 0 spiro atoms. The first-order chi connectivity index (χ1) is 12.4. The lowest BCUT2D eigenvalue weighted by Gasteiger charge is -2.19. The summed E-state index contributed by atoms with van der Waals surface area (Å²) in [6.07, 6.45) is 2.70. The predicted molar refractivity (Wildman–Crippen MR) is 89.7 cm³/mol. The van der Waals surface area contributed by atoms with Gasteiger partial charge in [-0.15, -0.1) is 0 Å². The molecule has 1 aromatic heterocycles. The van der Waals surface area contributed by atoms with Crippen LogP contribution in [0.4, 0.5) is 4.39 Å². The molecule has 0 unspecified atom stereocenters. The highest BCUT2D eigenvalue weighted by Gasteiger charge is 2.44. The number of hydrogen-bond acceptors (Lipinski definition) is 5. The lowest BCUT2D eigenvalue weighted by atomic mass is 10.1. The fraction of sp³-hybridized carbons (Fsp3) is 0.294. The number of nitrogens with zero attached hydrogens (tertiary/aromatic N) is 2. The van der Waals surface area contributed by atoms with Crippen LogP contribution in [0.1, 0.15) is 16.8 Å². The van der Waals surface area contributed by atoms with E-state index in [1.165, 1.54) is 16.6 Å². The van der Waals surface area contributed by atoms with Gasteiger partial charge in [-0.1, -0.05) is 12.1 Å². The van der Waals surface area contributed by atoms with Crippen molar-refractivity contribution in [1.29, 1.82) is 0 Å². The fourth-order valence-corrected chi connectivity index (χ4v) is 5.14. The Hall–Kier alpha value is -2.52. The highest BCUT2D eigenvalue weighted by atomic mass is 32.2. The number of nitrogens with one attached hydrogen (secondary N) is 1. The molecule has 2 aliphatic rings. The number of pyridine rings is 1. The standard InChI is InChI=1S/C17H16FN3O4S/c18-12-5-11(7-19-8-12)17(22)20-13-6-14-10-25-15-3-1-2-4-16(15)26(23,24)21(14)9-13/h1-5,7-8,13-14H,6,9-10H2,(H,20,22)/t13-,14-/m0/s1. The van der Waals surface area contributed by atoms with E-state index in [1.54, 1.807) is 18.2 Å². The first-order valence-corrected chi connectivity index (χ1v) is 9.54. The zero-order chi connectivity index (χ0) is 18.3. The number of fused-ring (bicyclic) bond motifs is 2. The molecule has 2 aromatic rings. The van der Waals surface area contributed by atoms with Crippen molar-refractivity contribution < 1.29 is 22.3 Å². The molecule has 4 rings (SSSR count). The number of hydrogen-bond donors (Lipinski definition) is 1. The van der Waals surface area contributed by atoms with E-state index in [-0.39, 0.29) is 35.7 Å². The summed E-state index contributed by atoms with van der Waals surface area (Å²) in [7, 11) is -3.71. The van der Waals surface area contributed by atoms with Crippen LogP contribution in [0.2, 0.25) is 0 Å². The normalized spacial score (nSPS) is 24.0. The molecule has 0 aliphatic carbocycles. The Morgan fingerprint density at radius 2 is 2.12 bits per heavy atom. The van der Waals surface area contributed by atoms with Gasteiger partial charge in [-0.25, -0.2) is 12.8 Å². The van der Waals surface area contributed by atoms with Gasteiger partial charge in [-0.3, -0.25) is 9.78 Å². The van der Waals surface area contributed by atoms with E-state index >= 15 is 0 Å². The average molecular weight is 377 g/mol. The number of para-hydroxylation sites is 1. The lowest BCUT2D eigenvalue weighted by molar-refractivity contribution is 0.0937. The van der Waals surface area contributed by atoms with Gasteiger partial charge in [0.1, 0.15) is 23.1 Å². The molecule has 0 radical (unpaired) electrons. The van der Waals surface area contributed by atoms with Crippen LogP contribution < -0.4 is 10.1 Å². The molecule has 1 aromatic carbocycles. The Bertz CT molecular complexity index is 966. The summed E-state index contributed by atoms with van der Waals surface area (Å²) < 4.78 is 46.1. The van der Waals surface area contributed by atoms with E-state index in [9.17, 15) is 17.6 Å². The molecule has 0 bridgehead atoms. The molecular weight excluding hydrogens is 361 g/mol. The average Bonchev–Trinajstić information content (AvgIpc) is 2.99. The van der Waals surface area contributed by atoms with Crippen molar-refractivity contribution >= 4 is 15.9 Å². The third-order valence-corrected chi connectivity index (χ3v) is 6.49. The molecule has 1 saturated heterocycles. The largest absolute Gasteiger partial charge is 0.490 e. The van der Waals surface area contributed by atoms with Crippen LogP contribution in [-0.2, 0) is 10.0 Å². The third kappa shape index (κ3) is 2.93. The molecule has 3 heterocycles. The van der Waals surface area contributed by atoms with E-state index in [2.05, 4.69) is 10.3 Å². The van der Waals surface area contributed by atoms with E-state index in [0.29, 0.717) is 12.2 Å². The Labute approximate surface area is 149 Å². The summed E-state index contributed by atoms with van der Waals surface area (Å²) in [5, 5.41) is 2.75. The second kappa shape index (κ2) is 6.33. The van der Waals surface area contributed by atoms with E-state index in [1.807, 2.05) is 0 Å². The van der Waals surface area contributed by atoms with Gasteiger partial charge in [0.2, 0.25) is 10.0 Å². The van der Waals surface area contributed by atoms with Crippen LogP contribution in [0, 0.1) is 5.82 Å². The topological polar surface area (TPSA) is 88.6 Å². The monoisotopic (exact) mass is 377 g/mol. The molecular formula is C17H16FN3O4S. The van der Waals surface area contributed by atoms with Gasteiger partial charge < -0.3 is 10.1 Å². The van der Waals surface area contributed by atoms with Crippen LogP contribution in [0.25, 0.3) is 0 Å². The van der Waals surface area contributed by atoms with Gasteiger partial charge in [-0.05, 0) is 24.6 Å². The fourth-order valence-electron chi connectivity index (χ4n) is 3.34. The maximum absolute atomic E-state index is 13.2. The van der Waals surface area contributed by atoms with Gasteiger partial charge in [0, 0.05) is 18.8 Å². The first kappa shape index (κ1) is 16.9. The summed E-state index contributed by atoms with van der Waals surface area (Å²) in [6.45, 7) is 0.351. The quantitative estimate of drug-likeness (QED) is 0.849. The minimum absolute atomic E-state index is 0.0940. The van der Waals surface area contributed by atoms with Gasteiger partial charge in [0.05, 0.1) is 17.8 Å². The van der Waals surface area contributed by atoms with Crippen molar-refractivity contribution in [3.05, 3.63) is 54.1 Å². The highest BCUT2D eigenvalue weighted by Crippen LogP contribution is 2.35. The predicted octanol–water partition coefficient (Wildman–Crippen LogP) is 1.17. The minimum Gasteiger partial charge on any atom is -0.490 e. The number of aromatic nitrogens is 1. The molecule has 9 heteroatoms. The number of halogens is 1. The maximum Gasteiger partial charge on any atom is 0.253 e. The number of ether oxygens (including phenoxy) is 1. The molecule has 136 valence electrons. The summed E-state index contributed by atoms with van der Waals surface area (Å²) in [4.78, 5) is 16.0. The van der Waals surface area contributed by atoms with E-state index in [0.717, 1.165) is 12.3 Å². The Balaban J connectivity index is 1.54. The van der Waals surface area contributed by atoms with Crippen molar-refractivity contribution in [3.63, 3.8) is 0 Å². The number of rotatable bonds is 2. The summed E-state index contributed by atoms with van der Waals surface area (Å²) in [5.41, 5.74) is 0.0940. The van der Waals surface area contributed by atoms with Crippen LogP contribution in [0.15, 0.2) is 47.6 Å². The van der Waals surface area contributed by atoms with Crippen molar-refractivity contribution in [1.82, 2.24) is 14.6 Å². The molecule has 1 amide bonds. The number of sulfonamides is 1. The van der Waals surface area contributed by atoms with E-state index in [4.69, 9.17) is 4.74 Å². The van der Waals surface area contributed by atoms with Gasteiger partial charge in [0.15, 0.2) is 0 Å². The third-order valence-electron chi connectivity index (χ3n) is 4.53. The maximum atomic E-state index is 13.2. The van der Waals surface area contributed by atoms with Gasteiger partial charge >= 0.3 is 0 Å². The molecule has 2 aliphatic heterocycles. The van der Waals surface area contributed by atoms with Crippen LogP contribution in [0.3, 0.4) is 0 Å². The zero-order valence-electron chi connectivity index (χ0n) is 13.6. The Kier molecular flexibility index (Phi) is 4.12. The van der Waals surface area contributed by atoms with Crippen molar-refractivity contribution in [2.75, 3.05) is 13.2 Å². The number of benzene rings is 1. The summed E-state index contributed by atoms with van der Waals surface area (Å²) in [5.74, 6) is -0.753. The Morgan fingerprint density at radius 3 is 2.92 bits per heavy atom. The lowest BCUT2D eigenvalue weighted by Crippen LogP contribution is -2.39. The van der Waals surface area contributed by atoms with Crippen molar-refractivity contribution in [2.24, 2.45) is 0 Å². The number of amides is 1. The number of carbonyl (C=O) groups excluding carboxylic acids is 1. The van der Waals surface area contributed by atoms with Gasteiger partial charge in [-0.2, -0.15) is 4.31 Å². The summed E-state index contributed by atoms with van der Waals surface area (Å²) in [6, 6.07) is 6.84. The Morgan fingerprint density at radius 1 is 1.31 bits per heavy atom. The highest BCUT2D eigenvalue weighted by molar-refractivity contribution is 7.89.